The second-order valence-corrected chi connectivity index (χ2v) is 7.43. The van der Waals surface area contributed by atoms with Crippen molar-refractivity contribution in [1.82, 2.24) is 10.2 Å². The predicted molar refractivity (Wildman–Crippen MR) is 84.3 cm³/mol. The van der Waals surface area contributed by atoms with Gasteiger partial charge >= 0.3 is 0 Å². The molecule has 0 radical (unpaired) electrons. The van der Waals surface area contributed by atoms with Crippen LogP contribution in [-0.2, 0) is 16.1 Å². The molecule has 21 heavy (non-hydrogen) atoms. The van der Waals surface area contributed by atoms with Gasteiger partial charge in [0.25, 0.3) is 0 Å². The van der Waals surface area contributed by atoms with Gasteiger partial charge in [-0.2, -0.15) is 0 Å². The molecule has 3 atom stereocenters. The Bertz CT molecular complexity index is 461. The minimum atomic E-state index is 0.106. The van der Waals surface area contributed by atoms with Crippen LogP contribution in [0.2, 0.25) is 0 Å². The summed E-state index contributed by atoms with van der Waals surface area (Å²) < 4.78 is 6.07. The maximum absolute atomic E-state index is 12.0. The number of ether oxygens (including phenoxy) is 1. The van der Waals surface area contributed by atoms with Gasteiger partial charge < -0.3 is 10.1 Å². The van der Waals surface area contributed by atoms with Gasteiger partial charge in [-0.1, -0.05) is 6.07 Å². The van der Waals surface area contributed by atoms with Crippen molar-refractivity contribution in [3.8, 4) is 0 Å². The number of carbonyl (C=O) groups excluding carboxylic acids is 1. The first-order valence-electron chi connectivity index (χ1n) is 7.80. The van der Waals surface area contributed by atoms with Gasteiger partial charge in [-0.15, -0.1) is 11.3 Å². The number of hydrogen-bond donors (Lipinski definition) is 1. The quantitative estimate of drug-likeness (QED) is 0.907. The van der Waals surface area contributed by atoms with Gasteiger partial charge in [-0.05, 0) is 31.7 Å². The average Bonchev–Trinajstić information content (AvgIpc) is 3.11. The third-order valence-electron chi connectivity index (χ3n) is 4.53. The summed E-state index contributed by atoms with van der Waals surface area (Å²) in [5.41, 5.74) is 0. The molecule has 0 spiro atoms. The minimum Gasteiger partial charge on any atom is -0.373 e. The number of nitrogens with zero attached hydrogens (tertiary/aromatic N) is 1. The summed E-state index contributed by atoms with van der Waals surface area (Å²) in [4.78, 5) is 15.7. The molecule has 2 aliphatic rings. The highest BCUT2D eigenvalue weighted by atomic mass is 32.1. The highest BCUT2D eigenvalue weighted by molar-refractivity contribution is 7.09. The lowest BCUT2D eigenvalue weighted by Crippen LogP contribution is -2.32. The molecule has 1 aromatic heterocycles. The second kappa shape index (κ2) is 6.46. The molecule has 3 heterocycles. The molecular weight excluding hydrogens is 284 g/mol. The summed E-state index contributed by atoms with van der Waals surface area (Å²) in [6.07, 6.45) is 1.97. The van der Waals surface area contributed by atoms with Crippen LogP contribution in [0.1, 0.15) is 31.6 Å². The van der Waals surface area contributed by atoms with Crippen LogP contribution in [0.5, 0.6) is 0 Å². The van der Waals surface area contributed by atoms with Crippen LogP contribution in [0.4, 0.5) is 0 Å². The predicted octanol–water partition coefficient (Wildman–Crippen LogP) is 2.25. The van der Waals surface area contributed by atoms with Crippen LogP contribution in [0.3, 0.4) is 0 Å². The molecule has 0 bridgehead atoms. The van der Waals surface area contributed by atoms with E-state index in [0.29, 0.717) is 31.0 Å². The van der Waals surface area contributed by atoms with E-state index < -0.39 is 0 Å². The summed E-state index contributed by atoms with van der Waals surface area (Å²) in [6, 6.07) is 4.64. The molecule has 4 nitrogen and oxygen atoms in total. The molecular formula is C16H24N2O2S. The van der Waals surface area contributed by atoms with Crippen LogP contribution in [0.25, 0.3) is 0 Å². The number of thiophene rings is 1. The third kappa shape index (κ3) is 3.65. The first kappa shape index (κ1) is 15.0. The number of amides is 1. The number of likely N-dealkylation sites (tertiary alicyclic amines) is 1. The minimum absolute atomic E-state index is 0.106. The Labute approximate surface area is 130 Å². The van der Waals surface area contributed by atoms with E-state index in [-0.39, 0.29) is 12.0 Å². The highest BCUT2D eigenvalue weighted by Gasteiger charge is 2.42. The fourth-order valence-electron chi connectivity index (χ4n) is 3.33. The summed E-state index contributed by atoms with van der Waals surface area (Å²) in [7, 11) is 0. The van der Waals surface area contributed by atoms with Gasteiger partial charge in [0.15, 0.2) is 0 Å². The van der Waals surface area contributed by atoms with Crippen molar-refractivity contribution in [1.29, 1.82) is 0 Å². The Hall–Kier alpha value is -0.910. The molecule has 1 aromatic rings. The molecule has 0 unspecified atom stereocenters. The Morgan fingerprint density at radius 3 is 3.05 bits per heavy atom. The molecule has 116 valence electrons. The van der Waals surface area contributed by atoms with E-state index in [9.17, 15) is 4.79 Å². The lowest BCUT2D eigenvalue weighted by molar-refractivity contribution is -0.124. The van der Waals surface area contributed by atoms with E-state index in [0.717, 1.165) is 19.5 Å². The largest absolute Gasteiger partial charge is 0.373 e. The molecule has 0 saturated carbocycles. The van der Waals surface area contributed by atoms with E-state index >= 15 is 0 Å². The molecule has 0 aliphatic carbocycles. The van der Waals surface area contributed by atoms with E-state index in [2.05, 4.69) is 24.1 Å². The fourth-order valence-corrected chi connectivity index (χ4v) is 3.97. The zero-order chi connectivity index (χ0) is 14.8. The topological polar surface area (TPSA) is 41.6 Å². The maximum Gasteiger partial charge on any atom is 0.222 e. The first-order chi connectivity index (χ1) is 10.1. The zero-order valence-corrected chi connectivity index (χ0v) is 13.6. The number of rotatable bonds is 5. The Balaban J connectivity index is 1.41. The first-order valence-corrected chi connectivity index (χ1v) is 8.68. The summed E-state index contributed by atoms with van der Waals surface area (Å²) in [5.74, 6) is 0.719. The van der Waals surface area contributed by atoms with Crippen LogP contribution in [0, 0.1) is 5.92 Å². The van der Waals surface area contributed by atoms with Gasteiger partial charge in [0.05, 0.1) is 25.2 Å². The van der Waals surface area contributed by atoms with Crippen molar-refractivity contribution in [3.05, 3.63) is 22.4 Å². The number of nitrogens with one attached hydrogen (secondary N) is 1. The summed E-state index contributed by atoms with van der Waals surface area (Å²) >= 11 is 1.67. The zero-order valence-electron chi connectivity index (χ0n) is 12.7. The normalized spacial score (nSPS) is 29.0. The van der Waals surface area contributed by atoms with E-state index in [1.54, 1.807) is 11.3 Å². The fraction of sp³-hybridized carbons (Fsp3) is 0.688. The lowest BCUT2D eigenvalue weighted by atomic mass is 10.0. The Kier molecular flexibility index (Phi) is 4.62. The molecule has 2 saturated heterocycles. The van der Waals surface area contributed by atoms with Crippen LogP contribution < -0.4 is 5.32 Å². The smallest absolute Gasteiger partial charge is 0.222 e. The van der Waals surface area contributed by atoms with E-state index in [1.165, 1.54) is 4.88 Å². The second-order valence-electron chi connectivity index (χ2n) is 6.40. The van der Waals surface area contributed by atoms with Gasteiger partial charge in [-0.3, -0.25) is 9.69 Å². The monoisotopic (exact) mass is 308 g/mol. The van der Waals surface area contributed by atoms with Gasteiger partial charge in [0.1, 0.15) is 0 Å². The molecule has 1 amide bonds. The third-order valence-corrected chi connectivity index (χ3v) is 5.40. The Morgan fingerprint density at radius 1 is 1.52 bits per heavy atom. The summed E-state index contributed by atoms with van der Waals surface area (Å²) in [5, 5.41) is 5.02. The SMILES string of the molecule is CC(C)N1C[C@H]2C[C@@H](CC(=O)NCc3cccs3)O[C@@H]2C1. The van der Waals surface area contributed by atoms with E-state index in [4.69, 9.17) is 4.74 Å². The van der Waals surface area contributed by atoms with Crippen LogP contribution >= 0.6 is 11.3 Å². The van der Waals surface area contributed by atoms with Crippen molar-refractivity contribution in [2.75, 3.05) is 13.1 Å². The highest BCUT2D eigenvalue weighted by Crippen LogP contribution is 2.34. The number of carbonyl (C=O) groups is 1. The number of fused-ring (bicyclic) bond motifs is 1. The molecule has 1 N–H and O–H groups in total. The molecule has 3 rings (SSSR count). The molecule has 2 fully saturated rings. The van der Waals surface area contributed by atoms with Crippen molar-refractivity contribution >= 4 is 17.2 Å². The van der Waals surface area contributed by atoms with Crippen molar-refractivity contribution in [3.63, 3.8) is 0 Å². The average molecular weight is 308 g/mol. The lowest BCUT2D eigenvalue weighted by Gasteiger charge is -2.22. The van der Waals surface area contributed by atoms with Gasteiger partial charge in [-0.25, -0.2) is 0 Å². The van der Waals surface area contributed by atoms with Crippen LogP contribution in [0.15, 0.2) is 17.5 Å². The van der Waals surface area contributed by atoms with Crippen molar-refractivity contribution < 1.29 is 9.53 Å². The molecule has 0 aromatic carbocycles. The molecule has 5 heteroatoms. The number of hydrogen-bond acceptors (Lipinski definition) is 4. The van der Waals surface area contributed by atoms with Gasteiger partial charge in [0, 0.05) is 29.9 Å². The van der Waals surface area contributed by atoms with Crippen LogP contribution in [-0.4, -0.2) is 42.1 Å². The summed E-state index contributed by atoms with van der Waals surface area (Å²) in [6.45, 7) is 7.25. The van der Waals surface area contributed by atoms with Crippen molar-refractivity contribution in [2.24, 2.45) is 5.92 Å². The Morgan fingerprint density at radius 2 is 2.38 bits per heavy atom. The van der Waals surface area contributed by atoms with Gasteiger partial charge in [0.2, 0.25) is 5.91 Å². The molecule has 2 aliphatic heterocycles. The van der Waals surface area contributed by atoms with Crippen molar-refractivity contribution in [2.45, 2.75) is 51.5 Å². The maximum atomic E-state index is 12.0. The van der Waals surface area contributed by atoms with E-state index in [1.807, 2.05) is 17.5 Å². The standard InChI is InChI=1S/C16H24N2O2S/c1-11(2)18-9-12-6-13(20-15(12)10-18)7-16(19)17-8-14-4-3-5-21-14/h3-5,11-13,15H,6-10H2,1-2H3,(H,17,19)/t12-,13+,15-/m1/s1.